The zero-order valence-corrected chi connectivity index (χ0v) is 12.5. The summed E-state index contributed by atoms with van der Waals surface area (Å²) in [6.45, 7) is 4.22. The first-order chi connectivity index (χ1) is 10.5. The predicted octanol–water partition coefficient (Wildman–Crippen LogP) is 4.16. The Morgan fingerprint density at radius 3 is 2.59 bits per heavy atom. The number of carbonyl (C=O) groups is 1. The average Bonchev–Trinajstić information content (AvgIpc) is 2.47. The van der Waals surface area contributed by atoms with Gasteiger partial charge in [-0.2, -0.15) is 0 Å². The maximum absolute atomic E-state index is 13.7. The molecule has 0 heterocycles. The number of hydrogen-bond acceptors (Lipinski definition) is 2. The molecule has 0 atom stereocenters. The lowest BCUT2D eigenvalue weighted by Crippen LogP contribution is -2.02. The zero-order valence-electron chi connectivity index (χ0n) is 12.5. The number of aliphatic carboxylic acids is 1. The summed E-state index contributed by atoms with van der Waals surface area (Å²) in [5.74, 6) is -0.875. The fourth-order valence-corrected chi connectivity index (χ4v) is 2.20. The molecule has 0 unspecified atom stereocenters. The van der Waals surface area contributed by atoms with Crippen LogP contribution in [0.15, 0.2) is 42.5 Å². The van der Waals surface area contributed by atoms with Crippen LogP contribution in [0.4, 0.5) is 4.39 Å². The second kappa shape index (κ2) is 6.89. The van der Waals surface area contributed by atoms with Gasteiger partial charge in [0.25, 0.3) is 0 Å². The lowest BCUT2D eigenvalue weighted by atomic mass is 9.98. The fraction of sp³-hybridized carbons (Fsp3) is 0.167. The minimum atomic E-state index is -1.10. The van der Waals surface area contributed by atoms with Crippen LogP contribution in [-0.2, 0) is 4.79 Å². The number of rotatable bonds is 5. The van der Waals surface area contributed by atoms with Crippen LogP contribution in [0.3, 0.4) is 0 Å². The summed E-state index contributed by atoms with van der Waals surface area (Å²) >= 11 is 0. The highest BCUT2D eigenvalue weighted by molar-refractivity contribution is 6.21. The van der Waals surface area contributed by atoms with Gasteiger partial charge in [-0.25, -0.2) is 9.18 Å². The normalized spacial score (nSPS) is 11.3. The van der Waals surface area contributed by atoms with Crippen LogP contribution in [-0.4, -0.2) is 17.7 Å². The van der Waals surface area contributed by atoms with Gasteiger partial charge in [0.05, 0.1) is 12.2 Å². The molecule has 1 N–H and O–H groups in total. The first kappa shape index (κ1) is 15.8. The molecule has 0 spiro atoms. The van der Waals surface area contributed by atoms with Crippen molar-refractivity contribution in [2.45, 2.75) is 13.8 Å². The van der Waals surface area contributed by atoms with Gasteiger partial charge >= 0.3 is 5.97 Å². The third-order valence-electron chi connectivity index (χ3n) is 3.23. The van der Waals surface area contributed by atoms with Crippen molar-refractivity contribution in [3.05, 3.63) is 65.0 Å². The number of ether oxygens (including phenoxy) is 1. The number of halogens is 1. The van der Waals surface area contributed by atoms with Crippen molar-refractivity contribution in [3.63, 3.8) is 0 Å². The van der Waals surface area contributed by atoms with Crippen molar-refractivity contribution in [3.8, 4) is 5.75 Å². The van der Waals surface area contributed by atoms with Gasteiger partial charge in [-0.15, -0.1) is 0 Å². The Morgan fingerprint density at radius 2 is 2.00 bits per heavy atom. The van der Waals surface area contributed by atoms with E-state index in [4.69, 9.17) is 4.74 Å². The summed E-state index contributed by atoms with van der Waals surface area (Å²) in [7, 11) is 0. The highest BCUT2D eigenvalue weighted by Gasteiger charge is 2.14. The minimum Gasteiger partial charge on any atom is -0.494 e. The van der Waals surface area contributed by atoms with Crippen molar-refractivity contribution in [1.82, 2.24) is 0 Å². The van der Waals surface area contributed by atoms with Crippen LogP contribution in [0.25, 0.3) is 11.6 Å². The highest BCUT2D eigenvalue weighted by atomic mass is 19.1. The van der Waals surface area contributed by atoms with Gasteiger partial charge in [-0.05, 0) is 49.2 Å². The summed E-state index contributed by atoms with van der Waals surface area (Å²) in [6, 6.07) is 11.2. The van der Waals surface area contributed by atoms with Gasteiger partial charge in [0.2, 0.25) is 0 Å². The Kier molecular flexibility index (Phi) is 4.94. The van der Waals surface area contributed by atoms with Crippen molar-refractivity contribution in [1.29, 1.82) is 0 Å². The van der Waals surface area contributed by atoms with Gasteiger partial charge in [0, 0.05) is 5.56 Å². The molecule has 0 bridgehead atoms. The lowest BCUT2D eigenvalue weighted by Gasteiger charge is -2.10. The van der Waals surface area contributed by atoms with Crippen LogP contribution < -0.4 is 4.74 Å². The second-order valence-corrected chi connectivity index (χ2v) is 4.79. The quantitative estimate of drug-likeness (QED) is 0.666. The average molecular weight is 300 g/mol. The van der Waals surface area contributed by atoms with Crippen molar-refractivity contribution in [2.75, 3.05) is 6.61 Å². The Bertz CT molecular complexity index is 720. The van der Waals surface area contributed by atoms with E-state index in [-0.39, 0.29) is 11.1 Å². The standard InChI is InChI=1S/C18H17FO3/c1-3-22-14-8-9-15(12(2)10-14)16(18(20)21)11-13-6-4-5-7-17(13)19/h4-11H,3H2,1-2H3,(H,20,21)/b16-11-. The number of hydrogen-bond donors (Lipinski definition) is 1. The molecule has 22 heavy (non-hydrogen) atoms. The van der Waals surface area contributed by atoms with Crippen molar-refractivity contribution in [2.24, 2.45) is 0 Å². The monoisotopic (exact) mass is 300 g/mol. The SMILES string of the molecule is CCOc1ccc(/C(=C/c2ccccc2F)C(=O)O)c(C)c1. The fourth-order valence-electron chi connectivity index (χ4n) is 2.20. The number of benzene rings is 2. The maximum atomic E-state index is 13.7. The van der Waals surface area contributed by atoms with E-state index >= 15 is 0 Å². The molecule has 0 aliphatic heterocycles. The van der Waals surface area contributed by atoms with Crippen molar-refractivity contribution >= 4 is 17.6 Å². The molecular weight excluding hydrogens is 283 g/mol. The molecule has 0 radical (unpaired) electrons. The molecule has 114 valence electrons. The van der Waals surface area contributed by atoms with E-state index in [0.717, 1.165) is 5.56 Å². The van der Waals surface area contributed by atoms with Gasteiger partial charge in [0.15, 0.2) is 0 Å². The molecule has 0 aromatic heterocycles. The lowest BCUT2D eigenvalue weighted by molar-refractivity contribution is -0.130. The molecule has 2 rings (SSSR count). The summed E-state index contributed by atoms with van der Waals surface area (Å²) < 4.78 is 19.1. The number of carboxylic acid groups (broad SMARTS) is 1. The van der Waals surface area contributed by atoms with Gasteiger partial charge < -0.3 is 9.84 Å². The van der Waals surface area contributed by atoms with Crippen LogP contribution in [0.1, 0.15) is 23.6 Å². The molecule has 2 aromatic carbocycles. The molecule has 3 nitrogen and oxygen atoms in total. The van der Waals surface area contributed by atoms with Gasteiger partial charge in [0.1, 0.15) is 11.6 Å². The third-order valence-corrected chi connectivity index (χ3v) is 3.23. The third kappa shape index (κ3) is 3.52. The molecule has 4 heteroatoms. The van der Waals surface area contributed by atoms with E-state index in [1.807, 2.05) is 6.92 Å². The van der Waals surface area contributed by atoms with E-state index in [9.17, 15) is 14.3 Å². The molecular formula is C18H17FO3. The van der Waals surface area contributed by atoms with E-state index in [1.54, 1.807) is 43.3 Å². The maximum Gasteiger partial charge on any atom is 0.336 e. The Balaban J connectivity index is 2.49. The summed E-state index contributed by atoms with van der Waals surface area (Å²) in [5, 5.41) is 9.45. The first-order valence-electron chi connectivity index (χ1n) is 6.96. The van der Waals surface area contributed by atoms with Crippen LogP contribution in [0.2, 0.25) is 0 Å². The molecule has 0 aliphatic rings. The van der Waals surface area contributed by atoms with Crippen LogP contribution in [0.5, 0.6) is 5.75 Å². The Hall–Kier alpha value is -2.62. The molecule has 0 saturated heterocycles. The van der Waals surface area contributed by atoms with Gasteiger partial charge in [-0.1, -0.05) is 24.3 Å². The molecule has 2 aromatic rings. The highest BCUT2D eigenvalue weighted by Crippen LogP contribution is 2.26. The van der Waals surface area contributed by atoms with Crippen LogP contribution >= 0.6 is 0 Å². The van der Waals surface area contributed by atoms with E-state index in [1.165, 1.54) is 12.1 Å². The molecule has 0 fully saturated rings. The summed E-state index contributed by atoms with van der Waals surface area (Å²) in [5.41, 5.74) is 1.59. The molecule has 0 amide bonds. The van der Waals surface area contributed by atoms with E-state index in [0.29, 0.717) is 17.9 Å². The van der Waals surface area contributed by atoms with Crippen LogP contribution in [0, 0.1) is 12.7 Å². The second-order valence-electron chi connectivity index (χ2n) is 4.79. The van der Waals surface area contributed by atoms with Gasteiger partial charge in [-0.3, -0.25) is 0 Å². The topological polar surface area (TPSA) is 46.5 Å². The van der Waals surface area contributed by atoms with E-state index < -0.39 is 11.8 Å². The minimum absolute atomic E-state index is 0.0469. The zero-order chi connectivity index (χ0) is 16.1. The summed E-state index contributed by atoms with van der Waals surface area (Å²) in [4.78, 5) is 11.6. The van der Waals surface area contributed by atoms with E-state index in [2.05, 4.69) is 0 Å². The smallest absolute Gasteiger partial charge is 0.336 e. The summed E-state index contributed by atoms with van der Waals surface area (Å²) in [6.07, 6.45) is 1.35. The number of carboxylic acids is 1. The Labute approximate surface area is 128 Å². The Morgan fingerprint density at radius 1 is 1.27 bits per heavy atom. The largest absolute Gasteiger partial charge is 0.494 e. The molecule has 0 aliphatic carbocycles. The van der Waals surface area contributed by atoms with Crippen molar-refractivity contribution < 1.29 is 19.0 Å². The number of aryl methyl sites for hydroxylation is 1. The molecule has 0 saturated carbocycles. The predicted molar refractivity (Wildman–Crippen MR) is 84.3 cm³/mol. The first-order valence-corrected chi connectivity index (χ1v) is 6.96.